The molecule has 0 bridgehead atoms. The lowest BCUT2D eigenvalue weighted by Crippen LogP contribution is -2.12. The van der Waals surface area contributed by atoms with Gasteiger partial charge in [-0.15, -0.1) is 0 Å². The average molecular weight is 263 g/mol. The van der Waals surface area contributed by atoms with Crippen molar-refractivity contribution in [3.63, 3.8) is 0 Å². The number of hydrogen-bond acceptors (Lipinski definition) is 5. The maximum absolute atomic E-state index is 6.08. The predicted molar refractivity (Wildman–Crippen MR) is 73.2 cm³/mol. The molecule has 2 N–H and O–H groups in total. The molecule has 96 valence electrons. The molecule has 2 aromatic rings. The van der Waals surface area contributed by atoms with Crippen molar-refractivity contribution in [3.8, 4) is 0 Å². The number of rotatable bonds is 6. The Balaban J connectivity index is 2.01. The molecule has 0 spiro atoms. The van der Waals surface area contributed by atoms with Crippen LogP contribution in [0.4, 0.5) is 0 Å². The van der Waals surface area contributed by atoms with E-state index in [9.17, 15) is 0 Å². The fourth-order valence-corrected chi connectivity index (χ4v) is 2.30. The smallest absolute Gasteiger partial charge is 0.248 e. The molecule has 1 aromatic heterocycles. The van der Waals surface area contributed by atoms with Crippen molar-refractivity contribution in [2.24, 2.45) is 5.73 Å². The molecule has 0 amide bonds. The SMILES string of the molecule is CCCSCc1noc([C@@H](N)c2ccccc2)n1. The van der Waals surface area contributed by atoms with Crippen LogP contribution in [0.2, 0.25) is 0 Å². The first-order valence-electron chi connectivity index (χ1n) is 6.02. The summed E-state index contributed by atoms with van der Waals surface area (Å²) in [7, 11) is 0. The van der Waals surface area contributed by atoms with Crippen molar-refractivity contribution in [2.75, 3.05) is 5.75 Å². The van der Waals surface area contributed by atoms with Gasteiger partial charge in [0.15, 0.2) is 5.82 Å². The van der Waals surface area contributed by atoms with E-state index in [-0.39, 0.29) is 6.04 Å². The van der Waals surface area contributed by atoms with E-state index in [4.69, 9.17) is 10.3 Å². The van der Waals surface area contributed by atoms with Crippen molar-refractivity contribution in [3.05, 3.63) is 47.6 Å². The fraction of sp³-hybridized carbons (Fsp3) is 0.385. The topological polar surface area (TPSA) is 64.9 Å². The molecule has 0 unspecified atom stereocenters. The second-order valence-electron chi connectivity index (χ2n) is 3.99. The van der Waals surface area contributed by atoms with E-state index in [1.807, 2.05) is 30.3 Å². The number of aromatic nitrogens is 2. The molecule has 4 nitrogen and oxygen atoms in total. The molecule has 1 heterocycles. The van der Waals surface area contributed by atoms with E-state index >= 15 is 0 Å². The Hall–Kier alpha value is -1.33. The number of nitrogens with two attached hydrogens (primary N) is 1. The van der Waals surface area contributed by atoms with Gasteiger partial charge in [0.2, 0.25) is 5.89 Å². The Bertz CT molecular complexity index is 472. The van der Waals surface area contributed by atoms with Gasteiger partial charge in [0.1, 0.15) is 6.04 Å². The van der Waals surface area contributed by atoms with Crippen LogP contribution in [0.1, 0.15) is 36.7 Å². The highest BCUT2D eigenvalue weighted by Gasteiger charge is 2.16. The normalized spacial score (nSPS) is 12.6. The molecule has 1 atom stereocenters. The summed E-state index contributed by atoms with van der Waals surface area (Å²) in [5.41, 5.74) is 7.06. The maximum atomic E-state index is 6.08. The van der Waals surface area contributed by atoms with Crippen molar-refractivity contribution in [1.82, 2.24) is 10.1 Å². The van der Waals surface area contributed by atoms with Gasteiger partial charge in [-0.3, -0.25) is 0 Å². The number of hydrogen-bond donors (Lipinski definition) is 1. The zero-order chi connectivity index (χ0) is 12.8. The van der Waals surface area contributed by atoms with Gasteiger partial charge in [0.05, 0.1) is 5.75 Å². The molecule has 0 fully saturated rings. The summed E-state index contributed by atoms with van der Waals surface area (Å²) < 4.78 is 5.21. The van der Waals surface area contributed by atoms with E-state index in [0.29, 0.717) is 5.89 Å². The number of thioether (sulfide) groups is 1. The Morgan fingerprint density at radius 2 is 2.11 bits per heavy atom. The van der Waals surface area contributed by atoms with Gasteiger partial charge in [-0.05, 0) is 17.7 Å². The summed E-state index contributed by atoms with van der Waals surface area (Å²) in [5.74, 6) is 3.08. The minimum atomic E-state index is -0.344. The molecule has 5 heteroatoms. The number of benzene rings is 1. The van der Waals surface area contributed by atoms with Crippen molar-refractivity contribution in [2.45, 2.75) is 25.1 Å². The van der Waals surface area contributed by atoms with Crippen LogP contribution in [0.25, 0.3) is 0 Å². The molecule has 0 radical (unpaired) electrons. The summed E-state index contributed by atoms with van der Waals surface area (Å²) in [6.07, 6.45) is 1.15. The zero-order valence-electron chi connectivity index (χ0n) is 10.4. The lowest BCUT2D eigenvalue weighted by molar-refractivity contribution is 0.363. The predicted octanol–water partition coefficient (Wildman–Crippen LogP) is 2.76. The molecule has 0 aliphatic heterocycles. The first-order chi connectivity index (χ1) is 8.81. The van der Waals surface area contributed by atoms with Crippen LogP contribution in [-0.2, 0) is 5.75 Å². The van der Waals surface area contributed by atoms with Crippen LogP contribution >= 0.6 is 11.8 Å². The monoisotopic (exact) mass is 263 g/mol. The van der Waals surface area contributed by atoms with Gasteiger partial charge in [-0.2, -0.15) is 16.7 Å². The second kappa shape index (κ2) is 6.56. The molecule has 0 aliphatic rings. The van der Waals surface area contributed by atoms with Gasteiger partial charge < -0.3 is 10.3 Å². The third-order valence-corrected chi connectivity index (χ3v) is 3.65. The molecular weight excluding hydrogens is 246 g/mol. The zero-order valence-corrected chi connectivity index (χ0v) is 11.2. The van der Waals surface area contributed by atoms with E-state index in [2.05, 4.69) is 17.1 Å². The number of nitrogens with zero attached hydrogens (tertiary/aromatic N) is 2. The van der Waals surface area contributed by atoms with Crippen molar-refractivity contribution < 1.29 is 4.52 Å². The Morgan fingerprint density at radius 3 is 2.83 bits per heavy atom. The molecule has 0 saturated carbocycles. The summed E-state index contributed by atoms with van der Waals surface area (Å²) in [5, 5.41) is 3.95. The van der Waals surface area contributed by atoms with Crippen LogP contribution in [0.3, 0.4) is 0 Å². The highest BCUT2D eigenvalue weighted by molar-refractivity contribution is 7.98. The third kappa shape index (κ3) is 3.34. The van der Waals surface area contributed by atoms with Gasteiger partial charge in [0, 0.05) is 0 Å². The van der Waals surface area contributed by atoms with E-state index in [1.54, 1.807) is 11.8 Å². The minimum absolute atomic E-state index is 0.344. The first kappa shape index (κ1) is 13.1. The van der Waals surface area contributed by atoms with Crippen LogP contribution in [0.15, 0.2) is 34.9 Å². The Morgan fingerprint density at radius 1 is 1.33 bits per heavy atom. The highest BCUT2D eigenvalue weighted by atomic mass is 32.2. The van der Waals surface area contributed by atoms with Gasteiger partial charge >= 0.3 is 0 Å². The van der Waals surface area contributed by atoms with Crippen LogP contribution < -0.4 is 5.73 Å². The highest BCUT2D eigenvalue weighted by Crippen LogP contribution is 2.18. The van der Waals surface area contributed by atoms with E-state index < -0.39 is 0 Å². The lowest BCUT2D eigenvalue weighted by atomic mass is 10.1. The molecule has 0 aliphatic carbocycles. The Kier molecular flexibility index (Phi) is 4.78. The summed E-state index contributed by atoms with van der Waals surface area (Å²) in [4.78, 5) is 4.33. The van der Waals surface area contributed by atoms with Gasteiger partial charge in [-0.1, -0.05) is 42.4 Å². The Labute approximate surface area is 111 Å². The third-order valence-electron chi connectivity index (χ3n) is 2.49. The van der Waals surface area contributed by atoms with E-state index in [1.165, 1.54) is 0 Å². The van der Waals surface area contributed by atoms with E-state index in [0.717, 1.165) is 29.3 Å². The quantitative estimate of drug-likeness (QED) is 0.812. The summed E-state index contributed by atoms with van der Waals surface area (Å²) in [6, 6.07) is 9.42. The summed E-state index contributed by atoms with van der Waals surface area (Å²) in [6.45, 7) is 2.15. The average Bonchev–Trinajstić information content (AvgIpc) is 2.88. The second-order valence-corrected chi connectivity index (χ2v) is 5.09. The van der Waals surface area contributed by atoms with Crippen LogP contribution in [-0.4, -0.2) is 15.9 Å². The lowest BCUT2D eigenvalue weighted by Gasteiger charge is -2.05. The molecule has 0 saturated heterocycles. The largest absolute Gasteiger partial charge is 0.337 e. The molecular formula is C13H17N3OS. The summed E-state index contributed by atoms with van der Waals surface area (Å²) >= 11 is 1.80. The van der Waals surface area contributed by atoms with Gasteiger partial charge in [-0.25, -0.2) is 0 Å². The molecule has 18 heavy (non-hydrogen) atoms. The van der Waals surface area contributed by atoms with Gasteiger partial charge in [0.25, 0.3) is 0 Å². The first-order valence-corrected chi connectivity index (χ1v) is 7.17. The molecule has 1 aromatic carbocycles. The van der Waals surface area contributed by atoms with Crippen LogP contribution in [0.5, 0.6) is 0 Å². The standard InChI is InChI=1S/C13H17N3OS/c1-2-8-18-9-11-15-13(17-16-11)12(14)10-6-4-3-5-7-10/h3-7,12H,2,8-9,14H2,1H3/t12-/m0/s1. The van der Waals surface area contributed by atoms with Crippen LogP contribution in [0, 0.1) is 0 Å². The van der Waals surface area contributed by atoms with Crippen molar-refractivity contribution in [1.29, 1.82) is 0 Å². The maximum Gasteiger partial charge on any atom is 0.248 e. The molecule has 2 rings (SSSR count). The fourth-order valence-electron chi connectivity index (χ4n) is 1.56. The minimum Gasteiger partial charge on any atom is -0.337 e. The van der Waals surface area contributed by atoms with Crippen molar-refractivity contribution >= 4 is 11.8 Å².